The maximum atomic E-state index is 11.9. The number of anilines is 1. The van der Waals surface area contributed by atoms with Gasteiger partial charge < -0.3 is 9.32 Å². The van der Waals surface area contributed by atoms with Crippen LogP contribution < -0.4 is 4.90 Å². The first-order chi connectivity index (χ1) is 12.0. The molecule has 0 spiro atoms. The fraction of sp³-hybridized carbons (Fsp3) is 0.211. The predicted octanol–water partition coefficient (Wildman–Crippen LogP) is 4.77. The minimum absolute atomic E-state index is 0.0690. The van der Waals surface area contributed by atoms with Crippen molar-refractivity contribution in [2.24, 2.45) is 0 Å². The van der Waals surface area contributed by atoms with Gasteiger partial charge in [0, 0.05) is 24.5 Å². The zero-order valence-corrected chi connectivity index (χ0v) is 14.1. The predicted molar refractivity (Wildman–Crippen MR) is 96.6 cm³/mol. The quantitative estimate of drug-likeness (QED) is 0.496. The first-order valence-electron chi connectivity index (χ1n) is 8.07. The van der Waals surface area contributed by atoms with Gasteiger partial charge in [0.1, 0.15) is 16.1 Å². The second-order valence-electron chi connectivity index (χ2n) is 5.76. The van der Waals surface area contributed by atoms with Crippen LogP contribution in [0.15, 0.2) is 52.9 Å². The maximum absolute atomic E-state index is 11.9. The Balaban J connectivity index is 2.25. The van der Waals surface area contributed by atoms with Crippen LogP contribution in [-0.4, -0.2) is 17.4 Å². The van der Waals surface area contributed by atoms with Crippen LogP contribution in [0.25, 0.3) is 22.1 Å². The monoisotopic (exact) mass is 338 g/mol. The van der Waals surface area contributed by atoms with Gasteiger partial charge in [-0.25, -0.2) is 0 Å². The van der Waals surface area contributed by atoms with E-state index >= 15 is 0 Å². The molecule has 1 heterocycles. The van der Waals surface area contributed by atoms with E-state index in [9.17, 15) is 14.9 Å². The smallest absolute Gasteiger partial charge is 0.400 e. The van der Waals surface area contributed by atoms with Gasteiger partial charge >= 0.3 is 5.88 Å². The van der Waals surface area contributed by atoms with Crippen molar-refractivity contribution in [1.82, 2.24) is 0 Å². The van der Waals surface area contributed by atoms with Gasteiger partial charge in [-0.2, -0.15) is 0 Å². The summed E-state index contributed by atoms with van der Waals surface area (Å²) in [6, 6.07) is 14.3. The number of hydrogen-bond donors (Lipinski definition) is 0. The summed E-state index contributed by atoms with van der Waals surface area (Å²) in [7, 11) is 0. The third-order valence-electron chi connectivity index (χ3n) is 4.02. The average molecular weight is 338 g/mol. The lowest BCUT2D eigenvalue weighted by Crippen LogP contribution is -2.28. The number of nitro groups is 1. The number of rotatable bonds is 5. The molecule has 0 radical (unpaired) electrons. The summed E-state index contributed by atoms with van der Waals surface area (Å²) < 4.78 is 5.47. The van der Waals surface area contributed by atoms with Crippen molar-refractivity contribution >= 4 is 28.4 Å². The molecule has 2 aromatic carbocycles. The Hall–Kier alpha value is -3.15. The standard InChI is InChI=1S/C19H18N2O4/c1-3-11-20(13(2)22)15-9-10-17-16(12-15)18(19(25-17)21(23)24)14-7-5-4-6-8-14/h4-10,12H,3,11H2,1-2H3. The Morgan fingerprint density at radius 3 is 2.52 bits per heavy atom. The highest BCUT2D eigenvalue weighted by atomic mass is 16.6. The number of furan rings is 1. The molecule has 0 aliphatic heterocycles. The van der Waals surface area contributed by atoms with Crippen LogP contribution in [-0.2, 0) is 4.79 Å². The molecule has 6 heteroatoms. The van der Waals surface area contributed by atoms with Crippen molar-refractivity contribution in [3.63, 3.8) is 0 Å². The summed E-state index contributed by atoms with van der Waals surface area (Å²) in [4.78, 5) is 24.5. The minimum atomic E-state index is -0.517. The molecule has 0 fully saturated rings. The summed E-state index contributed by atoms with van der Waals surface area (Å²) in [5, 5.41) is 12.1. The minimum Gasteiger partial charge on any atom is -0.400 e. The molecule has 0 unspecified atom stereocenters. The molecular weight excluding hydrogens is 320 g/mol. The topological polar surface area (TPSA) is 76.6 Å². The SMILES string of the molecule is CCCN(C(C)=O)c1ccc2oc([N+](=O)[O-])c(-c3ccccc3)c2c1. The highest BCUT2D eigenvalue weighted by Gasteiger charge is 2.26. The van der Waals surface area contributed by atoms with Crippen molar-refractivity contribution in [1.29, 1.82) is 0 Å². The van der Waals surface area contributed by atoms with Crippen LogP contribution >= 0.6 is 0 Å². The van der Waals surface area contributed by atoms with Gasteiger partial charge in [-0.3, -0.25) is 14.9 Å². The number of amides is 1. The average Bonchev–Trinajstić information content (AvgIpc) is 2.99. The van der Waals surface area contributed by atoms with Gasteiger partial charge in [0.15, 0.2) is 0 Å². The molecule has 0 saturated carbocycles. The molecule has 128 valence electrons. The number of hydrogen-bond acceptors (Lipinski definition) is 4. The molecule has 0 atom stereocenters. The van der Waals surface area contributed by atoms with E-state index in [4.69, 9.17) is 4.42 Å². The van der Waals surface area contributed by atoms with E-state index in [0.717, 1.165) is 6.42 Å². The molecule has 1 aromatic heterocycles. The lowest BCUT2D eigenvalue weighted by molar-refractivity contribution is -0.400. The maximum Gasteiger partial charge on any atom is 0.442 e. The summed E-state index contributed by atoms with van der Waals surface area (Å²) in [6.45, 7) is 4.09. The molecule has 3 aromatic rings. The molecule has 25 heavy (non-hydrogen) atoms. The van der Waals surface area contributed by atoms with E-state index < -0.39 is 4.92 Å². The number of nitrogens with zero attached hydrogens (tertiary/aromatic N) is 2. The molecule has 6 nitrogen and oxygen atoms in total. The summed E-state index contributed by atoms with van der Waals surface area (Å²) >= 11 is 0. The Morgan fingerprint density at radius 2 is 1.92 bits per heavy atom. The first-order valence-corrected chi connectivity index (χ1v) is 8.07. The highest BCUT2D eigenvalue weighted by Crippen LogP contribution is 2.41. The van der Waals surface area contributed by atoms with E-state index in [1.807, 2.05) is 25.1 Å². The van der Waals surface area contributed by atoms with Crippen molar-refractivity contribution in [3.8, 4) is 11.1 Å². The van der Waals surface area contributed by atoms with E-state index in [2.05, 4.69) is 0 Å². The van der Waals surface area contributed by atoms with Gasteiger partial charge in [0.25, 0.3) is 0 Å². The van der Waals surface area contributed by atoms with Gasteiger partial charge in [-0.1, -0.05) is 37.3 Å². The Labute approximate surface area is 144 Å². The second-order valence-corrected chi connectivity index (χ2v) is 5.76. The van der Waals surface area contributed by atoms with Crippen molar-refractivity contribution in [2.75, 3.05) is 11.4 Å². The van der Waals surface area contributed by atoms with Crippen LogP contribution in [0.2, 0.25) is 0 Å². The molecule has 0 aliphatic rings. The van der Waals surface area contributed by atoms with Crippen LogP contribution in [0, 0.1) is 10.1 Å². The summed E-state index contributed by atoms with van der Waals surface area (Å²) in [5.74, 6) is -0.358. The lowest BCUT2D eigenvalue weighted by Gasteiger charge is -2.20. The molecule has 0 aliphatic carbocycles. The van der Waals surface area contributed by atoms with Crippen LogP contribution in [0.3, 0.4) is 0 Å². The Morgan fingerprint density at radius 1 is 1.20 bits per heavy atom. The zero-order chi connectivity index (χ0) is 18.0. The molecule has 3 rings (SSSR count). The van der Waals surface area contributed by atoms with Gasteiger partial charge in [0.05, 0.1) is 0 Å². The van der Waals surface area contributed by atoms with Gasteiger partial charge in [-0.15, -0.1) is 0 Å². The molecular formula is C19H18N2O4. The summed E-state index contributed by atoms with van der Waals surface area (Å²) in [5.41, 5.74) is 2.27. The molecule has 0 saturated heterocycles. The highest BCUT2D eigenvalue weighted by molar-refractivity contribution is 6.02. The normalized spacial score (nSPS) is 10.8. The number of carbonyl (C=O) groups excluding carboxylic acids is 1. The lowest BCUT2D eigenvalue weighted by atomic mass is 10.0. The van der Waals surface area contributed by atoms with Gasteiger partial charge in [0.2, 0.25) is 5.91 Å². The van der Waals surface area contributed by atoms with E-state index in [-0.39, 0.29) is 11.8 Å². The third-order valence-corrected chi connectivity index (χ3v) is 4.02. The molecule has 0 bridgehead atoms. The van der Waals surface area contributed by atoms with Crippen LogP contribution in [0.4, 0.5) is 11.6 Å². The van der Waals surface area contributed by atoms with E-state index in [1.54, 1.807) is 35.2 Å². The third kappa shape index (κ3) is 3.10. The van der Waals surface area contributed by atoms with Crippen molar-refractivity contribution in [2.45, 2.75) is 20.3 Å². The molecule has 0 N–H and O–H groups in total. The van der Waals surface area contributed by atoms with E-state index in [0.29, 0.717) is 34.3 Å². The van der Waals surface area contributed by atoms with Crippen LogP contribution in [0.5, 0.6) is 0 Å². The largest absolute Gasteiger partial charge is 0.442 e. The zero-order valence-electron chi connectivity index (χ0n) is 14.1. The fourth-order valence-corrected chi connectivity index (χ4v) is 2.94. The summed E-state index contributed by atoms with van der Waals surface area (Å²) in [6.07, 6.45) is 0.814. The number of benzene rings is 2. The fourth-order valence-electron chi connectivity index (χ4n) is 2.94. The van der Waals surface area contributed by atoms with Crippen molar-refractivity contribution in [3.05, 3.63) is 58.6 Å². The first kappa shape index (κ1) is 16.7. The molecule has 1 amide bonds. The Kier molecular flexibility index (Phi) is 4.52. The van der Waals surface area contributed by atoms with Crippen LogP contribution in [0.1, 0.15) is 20.3 Å². The van der Waals surface area contributed by atoms with E-state index in [1.165, 1.54) is 6.92 Å². The number of fused-ring (bicyclic) bond motifs is 1. The van der Waals surface area contributed by atoms with Gasteiger partial charge in [-0.05, 0) is 30.2 Å². The number of carbonyl (C=O) groups is 1. The second kappa shape index (κ2) is 6.76. The Bertz CT molecular complexity index is 931. The van der Waals surface area contributed by atoms with Crippen molar-refractivity contribution < 1.29 is 14.1 Å².